The van der Waals surface area contributed by atoms with Crippen molar-refractivity contribution in [3.8, 4) is 0 Å². The van der Waals surface area contributed by atoms with Crippen molar-refractivity contribution >= 4 is 45.8 Å². The summed E-state index contributed by atoms with van der Waals surface area (Å²) in [7, 11) is -2.15. The Morgan fingerprint density at radius 2 is 0.968 bits per heavy atom. The van der Waals surface area contributed by atoms with Gasteiger partial charge in [0, 0.05) is 6.07 Å². The molecule has 0 aliphatic carbocycles. The molecule has 0 atom stereocenters. The Balaban J connectivity index is 0.00000171. The van der Waals surface area contributed by atoms with Gasteiger partial charge in [0.05, 0.1) is 10.5 Å². The second kappa shape index (κ2) is 11.0. The summed E-state index contributed by atoms with van der Waals surface area (Å²) in [6.07, 6.45) is 0.599. The highest BCUT2D eigenvalue weighted by Gasteiger charge is 2.46. The van der Waals surface area contributed by atoms with E-state index in [-0.39, 0.29) is 33.1 Å². The van der Waals surface area contributed by atoms with Crippen LogP contribution in [0.2, 0.25) is 0 Å². The maximum atomic E-state index is 11.7. The van der Waals surface area contributed by atoms with Crippen molar-refractivity contribution < 1.29 is 10.4 Å². The van der Waals surface area contributed by atoms with Crippen LogP contribution >= 0.6 is 24.2 Å². The smallest absolute Gasteiger partial charge is 0.276 e. The molecule has 158 valence electrons. The van der Waals surface area contributed by atoms with Crippen LogP contribution in [0.5, 0.6) is 0 Å². The zero-order valence-electron chi connectivity index (χ0n) is 16.8. The maximum Gasteiger partial charge on any atom is 0.276 e. The number of nitro groups is 1. The Morgan fingerprint density at radius 3 is 1.35 bits per heavy atom. The minimum Gasteiger partial charge on any atom is -0.412 e. The van der Waals surface area contributed by atoms with Crippen molar-refractivity contribution in [3.05, 3.63) is 131 Å². The molecular formula is C25H24BrNO3P+. The van der Waals surface area contributed by atoms with Crippen LogP contribution in [-0.4, -0.2) is 10.4 Å². The lowest BCUT2D eigenvalue weighted by atomic mass is 10.2. The minimum atomic E-state index is -2.15. The normalized spacial score (nSPS) is 10.5. The van der Waals surface area contributed by atoms with E-state index >= 15 is 0 Å². The third kappa shape index (κ3) is 4.91. The van der Waals surface area contributed by atoms with Crippen molar-refractivity contribution in [1.82, 2.24) is 0 Å². The van der Waals surface area contributed by atoms with Crippen LogP contribution in [0, 0.1) is 10.1 Å². The first kappa shape index (κ1) is 24.4. The van der Waals surface area contributed by atoms with E-state index in [4.69, 9.17) is 0 Å². The zero-order valence-corrected chi connectivity index (χ0v) is 19.4. The van der Waals surface area contributed by atoms with Gasteiger partial charge in [0.15, 0.2) is 0 Å². The largest absolute Gasteiger partial charge is 0.412 e. The number of hydrogen-bond donors (Lipinski definition) is 0. The molecule has 4 nitrogen and oxygen atoms in total. The van der Waals surface area contributed by atoms with Gasteiger partial charge >= 0.3 is 0 Å². The molecule has 0 unspecified atom stereocenters. The standard InChI is InChI=1S/C25H21NO2P.BrH.H2O/c27-26(28)25-19-11-10-12-21(25)20-29(22-13-4-1-5-14-22,23-15-6-2-7-16-23)24-17-8-3-9-18-24;;/h1-19H,20H2;1H;1H2/q+1;;. The highest BCUT2D eigenvalue weighted by molar-refractivity contribution is 8.93. The van der Waals surface area contributed by atoms with Crippen molar-refractivity contribution in [2.24, 2.45) is 0 Å². The molecule has 0 heterocycles. The topological polar surface area (TPSA) is 74.6 Å². The Labute approximate surface area is 193 Å². The number of para-hydroxylation sites is 1. The molecule has 0 aliphatic heterocycles. The average Bonchev–Trinajstić information content (AvgIpc) is 2.79. The molecule has 0 saturated heterocycles. The minimum absolute atomic E-state index is 0. The number of nitrogens with zero attached hydrogens (tertiary/aromatic N) is 1. The van der Waals surface area contributed by atoms with Crippen molar-refractivity contribution in [3.63, 3.8) is 0 Å². The van der Waals surface area contributed by atoms with Crippen LogP contribution in [-0.2, 0) is 6.16 Å². The Hall–Kier alpha value is -2.85. The SMILES string of the molecule is Br.O.O=[N+]([O-])c1ccccc1C[P+](c1ccccc1)(c1ccccc1)c1ccccc1. The van der Waals surface area contributed by atoms with Crippen molar-refractivity contribution in [2.75, 3.05) is 0 Å². The van der Waals surface area contributed by atoms with Gasteiger partial charge in [-0.15, -0.1) is 17.0 Å². The van der Waals surface area contributed by atoms with E-state index in [0.29, 0.717) is 6.16 Å². The van der Waals surface area contributed by atoms with E-state index in [1.165, 1.54) is 15.9 Å². The molecule has 0 bridgehead atoms. The quantitative estimate of drug-likeness (QED) is 0.217. The van der Waals surface area contributed by atoms with Crippen LogP contribution in [0.25, 0.3) is 0 Å². The van der Waals surface area contributed by atoms with Gasteiger partial charge in [0.1, 0.15) is 29.3 Å². The fraction of sp³-hybridized carbons (Fsp3) is 0.0400. The second-order valence-electron chi connectivity index (χ2n) is 6.86. The molecule has 2 N–H and O–H groups in total. The van der Waals surface area contributed by atoms with E-state index in [1.54, 1.807) is 12.1 Å². The summed E-state index contributed by atoms with van der Waals surface area (Å²) < 4.78 is 0. The van der Waals surface area contributed by atoms with E-state index in [9.17, 15) is 10.1 Å². The number of rotatable bonds is 6. The second-order valence-corrected chi connectivity index (χ2v) is 10.3. The first-order chi connectivity index (χ1) is 14.2. The average molecular weight is 497 g/mol. The van der Waals surface area contributed by atoms with Gasteiger partial charge in [-0.3, -0.25) is 10.1 Å². The fourth-order valence-electron chi connectivity index (χ4n) is 3.85. The summed E-state index contributed by atoms with van der Waals surface area (Å²) in [4.78, 5) is 11.5. The van der Waals surface area contributed by atoms with Crippen molar-refractivity contribution in [2.45, 2.75) is 6.16 Å². The number of halogens is 1. The van der Waals surface area contributed by atoms with E-state index in [1.807, 2.05) is 30.3 Å². The molecule has 0 saturated carbocycles. The van der Waals surface area contributed by atoms with Gasteiger partial charge in [-0.2, -0.15) is 0 Å². The maximum absolute atomic E-state index is 11.7. The van der Waals surface area contributed by atoms with Crippen LogP contribution < -0.4 is 15.9 Å². The third-order valence-corrected chi connectivity index (χ3v) is 9.54. The first-order valence-electron chi connectivity index (χ1n) is 9.49. The molecule has 0 amide bonds. The number of hydrogen-bond acceptors (Lipinski definition) is 2. The third-order valence-electron chi connectivity index (χ3n) is 5.19. The highest BCUT2D eigenvalue weighted by Crippen LogP contribution is 2.58. The van der Waals surface area contributed by atoms with Crippen LogP contribution in [0.1, 0.15) is 5.56 Å². The Kier molecular flexibility index (Phi) is 8.64. The summed E-state index contributed by atoms with van der Waals surface area (Å²) in [5, 5.41) is 15.4. The summed E-state index contributed by atoms with van der Waals surface area (Å²) in [5.74, 6) is 0. The van der Waals surface area contributed by atoms with Crippen LogP contribution in [0.15, 0.2) is 115 Å². The fourth-order valence-corrected chi connectivity index (χ4v) is 8.11. The molecular weight excluding hydrogens is 473 g/mol. The molecule has 0 radical (unpaired) electrons. The summed E-state index contributed by atoms with van der Waals surface area (Å²) >= 11 is 0. The molecule has 0 spiro atoms. The van der Waals surface area contributed by atoms with Crippen molar-refractivity contribution in [1.29, 1.82) is 0 Å². The van der Waals surface area contributed by atoms with E-state index in [2.05, 4.69) is 72.8 Å². The summed E-state index contributed by atoms with van der Waals surface area (Å²) in [5.41, 5.74) is 0.946. The molecule has 4 aromatic carbocycles. The lowest BCUT2D eigenvalue weighted by molar-refractivity contribution is -0.385. The molecule has 4 rings (SSSR count). The van der Waals surface area contributed by atoms with Gasteiger partial charge in [-0.25, -0.2) is 0 Å². The number of benzene rings is 4. The Bertz CT molecular complexity index is 1010. The molecule has 31 heavy (non-hydrogen) atoms. The van der Waals surface area contributed by atoms with Gasteiger partial charge in [-0.05, 0) is 42.5 Å². The van der Waals surface area contributed by atoms with Gasteiger partial charge in [0.25, 0.3) is 5.69 Å². The predicted molar refractivity (Wildman–Crippen MR) is 136 cm³/mol. The molecule has 4 aromatic rings. The molecule has 6 heteroatoms. The predicted octanol–water partition coefficient (Wildman–Crippen LogP) is 4.84. The zero-order chi connectivity index (χ0) is 20.1. The van der Waals surface area contributed by atoms with E-state index < -0.39 is 7.26 Å². The van der Waals surface area contributed by atoms with E-state index in [0.717, 1.165) is 5.56 Å². The molecule has 0 fully saturated rings. The van der Waals surface area contributed by atoms with Gasteiger partial charge in [-0.1, -0.05) is 66.7 Å². The number of nitro benzene ring substituents is 1. The lowest BCUT2D eigenvalue weighted by Gasteiger charge is -2.27. The van der Waals surface area contributed by atoms with Gasteiger partial charge < -0.3 is 5.48 Å². The summed E-state index contributed by atoms with van der Waals surface area (Å²) in [6, 6.07) is 38.4. The lowest BCUT2D eigenvalue weighted by Crippen LogP contribution is -2.32. The summed E-state index contributed by atoms with van der Waals surface area (Å²) in [6.45, 7) is 0. The van der Waals surface area contributed by atoms with Gasteiger partial charge in [0.2, 0.25) is 0 Å². The monoisotopic (exact) mass is 496 g/mol. The first-order valence-corrected chi connectivity index (χ1v) is 11.5. The highest BCUT2D eigenvalue weighted by atomic mass is 79.9. The molecule has 0 aliphatic rings. The van der Waals surface area contributed by atoms with Crippen LogP contribution in [0.3, 0.4) is 0 Å². The van der Waals surface area contributed by atoms with Crippen LogP contribution in [0.4, 0.5) is 5.69 Å². The Morgan fingerprint density at radius 1 is 0.613 bits per heavy atom. The molecule has 0 aromatic heterocycles.